The second-order valence-corrected chi connectivity index (χ2v) is 7.99. The van der Waals surface area contributed by atoms with Gasteiger partial charge in [-0.1, -0.05) is 30.3 Å². The van der Waals surface area contributed by atoms with E-state index in [4.69, 9.17) is 9.47 Å². The molecule has 0 radical (unpaired) electrons. The van der Waals surface area contributed by atoms with E-state index in [2.05, 4.69) is 9.97 Å². The number of ketones is 1. The summed E-state index contributed by atoms with van der Waals surface area (Å²) in [6, 6.07) is 9.26. The molecule has 1 amide bonds. The lowest BCUT2D eigenvalue weighted by Crippen LogP contribution is -2.59. The second-order valence-electron chi connectivity index (χ2n) is 7.99. The predicted octanol–water partition coefficient (Wildman–Crippen LogP) is 2.54. The average molecular weight is 410 g/mol. The molecule has 158 valence electrons. The highest BCUT2D eigenvalue weighted by molar-refractivity contribution is 5.97. The zero-order valence-corrected chi connectivity index (χ0v) is 17.2. The van der Waals surface area contributed by atoms with Crippen LogP contribution in [0.3, 0.4) is 0 Å². The fraction of sp³-hybridized carbons (Fsp3) is 0.455. The Morgan fingerprint density at radius 3 is 2.33 bits per heavy atom. The molecule has 3 heterocycles. The maximum atomic E-state index is 13.0. The van der Waals surface area contributed by atoms with Crippen LogP contribution >= 0.6 is 0 Å². The fourth-order valence-corrected chi connectivity index (χ4v) is 4.14. The number of benzene rings is 1. The van der Waals surface area contributed by atoms with E-state index in [9.17, 15) is 9.59 Å². The summed E-state index contributed by atoms with van der Waals surface area (Å²) in [7, 11) is 3.70. The van der Waals surface area contributed by atoms with Gasteiger partial charge in [0, 0.05) is 32.4 Å². The van der Waals surface area contributed by atoms with Gasteiger partial charge in [-0.25, -0.2) is 14.8 Å². The van der Waals surface area contributed by atoms with Gasteiger partial charge in [0.1, 0.15) is 6.61 Å². The molecule has 2 saturated heterocycles. The van der Waals surface area contributed by atoms with Crippen LogP contribution in [0.2, 0.25) is 0 Å². The molecule has 2 aromatic rings. The summed E-state index contributed by atoms with van der Waals surface area (Å²) >= 11 is 0. The molecule has 8 nitrogen and oxygen atoms in total. The highest BCUT2D eigenvalue weighted by atomic mass is 16.6. The minimum Gasteiger partial charge on any atom is -0.445 e. The third kappa shape index (κ3) is 4.28. The van der Waals surface area contributed by atoms with E-state index in [1.54, 1.807) is 22.2 Å². The van der Waals surface area contributed by atoms with Gasteiger partial charge in [-0.05, 0) is 18.4 Å². The SMILES string of the molecule is CN(C)c1ncc(C(=O)C2CC3COCC(C2)N3C(=O)OCc2ccccc2)cn1. The molecule has 2 aliphatic heterocycles. The number of carbonyl (C=O) groups is 2. The Kier molecular flexibility index (Phi) is 5.94. The van der Waals surface area contributed by atoms with E-state index in [0.29, 0.717) is 37.6 Å². The number of ether oxygens (including phenoxy) is 2. The Balaban J connectivity index is 1.41. The number of rotatable bonds is 5. The molecule has 0 aliphatic carbocycles. The highest BCUT2D eigenvalue weighted by Gasteiger charge is 2.44. The summed E-state index contributed by atoms with van der Waals surface area (Å²) in [5.41, 5.74) is 1.45. The number of hydrogen-bond acceptors (Lipinski definition) is 7. The summed E-state index contributed by atoms with van der Waals surface area (Å²) < 4.78 is 11.2. The Labute approximate surface area is 175 Å². The first kappa shape index (κ1) is 20.3. The van der Waals surface area contributed by atoms with E-state index >= 15 is 0 Å². The Bertz CT molecular complexity index is 874. The van der Waals surface area contributed by atoms with Crippen LogP contribution in [0.15, 0.2) is 42.7 Å². The number of morpholine rings is 1. The second kappa shape index (κ2) is 8.79. The van der Waals surface area contributed by atoms with Gasteiger partial charge in [0.15, 0.2) is 5.78 Å². The molecule has 8 heteroatoms. The van der Waals surface area contributed by atoms with Crippen molar-refractivity contribution in [1.82, 2.24) is 14.9 Å². The molecule has 0 saturated carbocycles. The maximum absolute atomic E-state index is 13.0. The van der Waals surface area contributed by atoms with Gasteiger partial charge in [-0.3, -0.25) is 9.69 Å². The standard InChI is InChI=1S/C22H26N4O4/c1-25(2)21-23-10-17(11-24-21)20(27)16-8-18-13-29-14-19(9-16)26(18)22(28)30-12-15-6-4-3-5-7-15/h3-7,10-11,16,18-19H,8-9,12-14H2,1-2H3. The quantitative estimate of drug-likeness (QED) is 0.700. The fourth-order valence-electron chi connectivity index (χ4n) is 4.14. The normalized spacial score (nSPS) is 23.0. The number of aromatic nitrogens is 2. The third-order valence-electron chi connectivity index (χ3n) is 5.63. The maximum Gasteiger partial charge on any atom is 0.410 e. The topological polar surface area (TPSA) is 84.9 Å². The number of nitrogens with zero attached hydrogens (tertiary/aromatic N) is 4. The first-order valence-corrected chi connectivity index (χ1v) is 10.1. The lowest BCUT2D eigenvalue weighted by molar-refractivity contribution is -0.0755. The zero-order chi connectivity index (χ0) is 21.1. The number of anilines is 1. The molecule has 2 aliphatic rings. The third-order valence-corrected chi connectivity index (χ3v) is 5.63. The van der Waals surface area contributed by atoms with Crippen LogP contribution < -0.4 is 4.90 Å². The Morgan fingerprint density at radius 1 is 1.10 bits per heavy atom. The Morgan fingerprint density at radius 2 is 1.73 bits per heavy atom. The molecule has 30 heavy (non-hydrogen) atoms. The highest BCUT2D eigenvalue weighted by Crippen LogP contribution is 2.34. The van der Waals surface area contributed by atoms with Crippen LogP contribution in [0.4, 0.5) is 10.7 Å². The van der Waals surface area contributed by atoms with Crippen LogP contribution in [0.1, 0.15) is 28.8 Å². The molecule has 0 N–H and O–H groups in total. The van der Waals surface area contributed by atoms with E-state index in [0.717, 1.165) is 5.56 Å². The van der Waals surface area contributed by atoms with Gasteiger partial charge < -0.3 is 14.4 Å². The summed E-state index contributed by atoms with van der Waals surface area (Å²) in [5.74, 6) is 0.401. The van der Waals surface area contributed by atoms with E-state index < -0.39 is 0 Å². The van der Waals surface area contributed by atoms with Crippen molar-refractivity contribution in [2.24, 2.45) is 5.92 Å². The largest absolute Gasteiger partial charge is 0.445 e. The van der Waals surface area contributed by atoms with Gasteiger partial charge in [0.25, 0.3) is 0 Å². The zero-order valence-electron chi connectivity index (χ0n) is 17.2. The molecule has 2 fully saturated rings. The first-order chi connectivity index (χ1) is 14.5. The number of hydrogen-bond donors (Lipinski definition) is 0. The van der Waals surface area contributed by atoms with Crippen LogP contribution in [0.5, 0.6) is 0 Å². The lowest BCUT2D eigenvalue weighted by atomic mass is 9.81. The first-order valence-electron chi connectivity index (χ1n) is 10.1. The molecule has 0 spiro atoms. The van der Waals surface area contributed by atoms with Crippen molar-refractivity contribution in [1.29, 1.82) is 0 Å². The van der Waals surface area contributed by atoms with E-state index in [1.165, 1.54) is 0 Å². The van der Waals surface area contributed by atoms with E-state index in [1.807, 2.05) is 44.4 Å². The van der Waals surface area contributed by atoms with Crippen LogP contribution in [-0.4, -0.2) is 66.1 Å². The molecule has 1 aromatic heterocycles. The van der Waals surface area contributed by atoms with Crippen molar-refractivity contribution >= 4 is 17.8 Å². The van der Waals surface area contributed by atoms with Crippen LogP contribution in [0, 0.1) is 5.92 Å². The van der Waals surface area contributed by atoms with Crippen molar-refractivity contribution in [3.8, 4) is 0 Å². The lowest BCUT2D eigenvalue weighted by Gasteiger charge is -2.47. The van der Waals surface area contributed by atoms with Gasteiger partial charge in [0.05, 0.1) is 30.9 Å². The molecular formula is C22H26N4O4. The summed E-state index contributed by atoms with van der Waals surface area (Å²) in [4.78, 5) is 37.8. The van der Waals surface area contributed by atoms with Crippen LogP contribution in [0.25, 0.3) is 0 Å². The van der Waals surface area contributed by atoms with Gasteiger partial charge in [-0.15, -0.1) is 0 Å². The van der Waals surface area contributed by atoms with Crippen molar-refractivity contribution in [2.75, 3.05) is 32.2 Å². The van der Waals surface area contributed by atoms with Gasteiger partial charge >= 0.3 is 6.09 Å². The summed E-state index contributed by atoms with van der Waals surface area (Å²) in [6.45, 7) is 1.06. The molecule has 2 bridgehead atoms. The minimum atomic E-state index is -0.346. The summed E-state index contributed by atoms with van der Waals surface area (Å²) in [6.07, 6.45) is 3.91. The minimum absolute atomic E-state index is 0.0227. The number of amides is 1. The molecule has 1 aromatic carbocycles. The predicted molar refractivity (Wildman–Crippen MR) is 110 cm³/mol. The van der Waals surface area contributed by atoms with Crippen molar-refractivity contribution in [2.45, 2.75) is 31.5 Å². The molecule has 4 rings (SSSR count). The van der Waals surface area contributed by atoms with Crippen LogP contribution in [-0.2, 0) is 16.1 Å². The van der Waals surface area contributed by atoms with E-state index in [-0.39, 0.29) is 36.5 Å². The summed E-state index contributed by atoms with van der Waals surface area (Å²) in [5, 5.41) is 0. The molecular weight excluding hydrogens is 384 g/mol. The molecule has 2 atom stereocenters. The number of fused-ring (bicyclic) bond motifs is 2. The molecule has 2 unspecified atom stereocenters. The monoisotopic (exact) mass is 410 g/mol. The van der Waals surface area contributed by atoms with Crippen molar-refractivity contribution in [3.63, 3.8) is 0 Å². The average Bonchev–Trinajstić information content (AvgIpc) is 2.77. The van der Waals surface area contributed by atoms with Crippen molar-refractivity contribution in [3.05, 3.63) is 53.9 Å². The Hall–Kier alpha value is -3.00. The van der Waals surface area contributed by atoms with Crippen molar-refractivity contribution < 1.29 is 19.1 Å². The number of carbonyl (C=O) groups excluding carboxylic acids is 2. The van der Waals surface area contributed by atoms with Gasteiger partial charge in [0.2, 0.25) is 5.95 Å². The van der Waals surface area contributed by atoms with Gasteiger partial charge in [-0.2, -0.15) is 0 Å². The number of piperidine rings is 1. The smallest absolute Gasteiger partial charge is 0.410 e. The number of Topliss-reactive ketones (excluding diaryl/α,β-unsaturated/α-hetero) is 1.